The number of nitriles is 3. The van der Waals surface area contributed by atoms with Crippen molar-refractivity contribution in [1.29, 1.82) is 15.8 Å². The molecule has 3 aliphatic heterocycles. The smallest absolute Gasteiger partial charge is 0.276 e. The molecule has 12 heterocycles. The quantitative estimate of drug-likeness (QED) is 0.0371. The number of carbonyl (C=O) groups excluding carboxylic acids is 3. The van der Waals surface area contributed by atoms with Crippen LogP contribution in [0.5, 0.6) is 17.2 Å². The van der Waals surface area contributed by atoms with Gasteiger partial charge in [-0.15, -0.1) is 0 Å². The predicted molar refractivity (Wildman–Crippen MR) is 547 cm³/mol. The molecule has 9 aromatic heterocycles. The highest BCUT2D eigenvalue weighted by Gasteiger charge is 2.42. The standard InChI is InChI=1S/2C33H29Cl4FN6O3.C33H29Cl3F2N6O3/c3*1-7-21(45)43-16(5)12-42(13-17(43)6)30-18-10-20(34)28(22-23(35)25(37)26(38)31(46)24(22)36)41-32(18)44(33(47)19(30)11-39)29-15(4)8-9-40-27(29)14(2)3/h3*7-10,14,16-17,46H,1,12-13H2,2-6H3/t3*16-,17+. The van der Waals surface area contributed by atoms with E-state index in [1.807, 2.05) is 112 Å². The number of hydrogen-bond donors (Lipinski definition) is 3. The van der Waals surface area contributed by atoms with E-state index in [0.29, 0.717) is 61.6 Å². The lowest BCUT2D eigenvalue weighted by atomic mass is 10.0. The molecule has 0 radical (unpaired) electrons. The molecule has 3 aliphatic rings. The molecule has 3 fully saturated rings. The Kier molecular flexibility index (Phi) is 31.6. The highest BCUT2D eigenvalue weighted by atomic mass is 35.5. The number of pyridine rings is 9. The van der Waals surface area contributed by atoms with Crippen molar-refractivity contribution in [2.45, 2.75) is 158 Å². The maximum atomic E-state index is 14.8. The fourth-order valence-corrected chi connectivity index (χ4v) is 21.6. The maximum Gasteiger partial charge on any atom is 0.276 e. The number of rotatable bonds is 15. The number of benzene rings is 3. The number of nitrogens with zero attached hydrogens (tertiary/aromatic N) is 18. The van der Waals surface area contributed by atoms with Crippen molar-refractivity contribution in [2.75, 3.05) is 54.0 Å². The first kappa shape index (κ1) is 106. The molecule has 27 nitrogen and oxygen atoms in total. The summed E-state index contributed by atoms with van der Waals surface area (Å²) in [6, 6.07) is 14.0. The molecule has 12 aromatic rings. The average Bonchev–Trinajstić information content (AvgIpc) is 0.725. The van der Waals surface area contributed by atoms with Crippen LogP contribution in [0, 0.1) is 78.0 Å². The molecule has 0 spiro atoms. The summed E-state index contributed by atoms with van der Waals surface area (Å²) in [4.78, 5) is 120. The van der Waals surface area contributed by atoms with Crippen LogP contribution in [0.4, 0.5) is 34.6 Å². The van der Waals surface area contributed by atoms with Gasteiger partial charge in [-0.25, -0.2) is 28.1 Å². The van der Waals surface area contributed by atoms with E-state index in [1.54, 1.807) is 58.4 Å². The molecule has 6 atom stereocenters. The van der Waals surface area contributed by atoms with Gasteiger partial charge in [-0.3, -0.25) is 57.4 Å². The van der Waals surface area contributed by atoms with Crippen LogP contribution in [0.25, 0.3) is 83.9 Å². The zero-order valence-electron chi connectivity index (χ0n) is 78.0. The van der Waals surface area contributed by atoms with Crippen LogP contribution in [0.1, 0.15) is 151 Å². The van der Waals surface area contributed by atoms with E-state index in [9.17, 15) is 77.4 Å². The van der Waals surface area contributed by atoms with Crippen molar-refractivity contribution >= 4 is 195 Å². The summed E-state index contributed by atoms with van der Waals surface area (Å²) >= 11 is 71.0. The van der Waals surface area contributed by atoms with E-state index in [-0.39, 0.29) is 220 Å². The fourth-order valence-electron chi connectivity index (χ4n) is 18.7. The van der Waals surface area contributed by atoms with Gasteiger partial charge in [0.15, 0.2) is 34.7 Å². The first-order chi connectivity index (χ1) is 66.5. The molecule has 42 heteroatoms. The molecule has 0 aliphatic carbocycles. The molecule has 3 aromatic carbocycles. The zero-order valence-corrected chi connectivity index (χ0v) is 86.3. The van der Waals surface area contributed by atoms with Crippen molar-refractivity contribution in [3.05, 3.63) is 253 Å². The van der Waals surface area contributed by atoms with Crippen LogP contribution in [-0.2, 0) is 14.4 Å². The fraction of sp³-hybridized carbons (Fsp3) is 0.303. The summed E-state index contributed by atoms with van der Waals surface area (Å²) < 4.78 is 62.2. The lowest BCUT2D eigenvalue weighted by Crippen LogP contribution is -2.58. The first-order valence-electron chi connectivity index (χ1n) is 43.7. The number of hydrogen-bond acceptors (Lipinski definition) is 21. The minimum atomic E-state index is -1.65. The Bertz CT molecular complexity index is 6870. The summed E-state index contributed by atoms with van der Waals surface area (Å²) in [5.41, 5.74) is 2.06. The van der Waals surface area contributed by atoms with E-state index in [2.05, 4.69) is 52.9 Å². The minimum absolute atomic E-state index is 0.0114. The second-order valence-electron chi connectivity index (χ2n) is 35.1. The van der Waals surface area contributed by atoms with Gasteiger partial charge in [0, 0.05) is 127 Å². The van der Waals surface area contributed by atoms with Gasteiger partial charge < -0.3 is 44.7 Å². The molecule has 0 bridgehead atoms. The second kappa shape index (κ2) is 41.9. The van der Waals surface area contributed by atoms with Crippen LogP contribution in [-0.4, -0.2) is 167 Å². The number of aromatic nitrogens is 9. The zero-order chi connectivity index (χ0) is 104. The molecular weight excluding hydrogens is 2050 g/mol. The Morgan fingerprint density at radius 1 is 0.383 bits per heavy atom. The average molecular weight is 2140 g/mol. The van der Waals surface area contributed by atoms with Gasteiger partial charge in [0.25, 0.3) is 16.7 Å². The summed E-state index contributed by atoms with van der Waals surface area (Å²) in [6.07, 6.45) is 8.61. The number of fused-ring (bicyclic) bond motifs is 3. The summed E-state index contributed by atoms with van der Waals surface area (Å²) in [7, 11) is 0. The van der Waals surface area contributed by atoms with Crippen LogP contribution < -0.4 is 31.4 Å². The maximum absolute atomic E-state index is 14.8. The van der Waals surface area contributed by atoms with E-state index in [4.69, 9.17) is 143 Å². The topological polar surface area (TPSA) is 346 Å². The van der Waals surface area contributed by atoms with Crippen LogP contribution in [0.2, 0.25) is 55.2 Å². The largest absolute Gasteiger partial charge is 0.504 e. The highest BCUT2D eigenvalue weighted by molar-refractivity contribution is 6.49. The lowest BCUT2D eigenvalue weighted by molar-refractivity contribution is -0.131. The molecule has 3 N–H and O–H groups in total. The number of aromatic hydroxyl groups is 3. The Balaban J connectivity index is 0.000000178. The summed E-state index contributed by atoms with van der Waals surface area (Å²) in [5, 5.41) is 59.1. The van der Waals surface area contributed by atoms with E-state index >= 15 is 0 Å². The third-order valence-corrected chi connectivity index (χ3v) is 28.7. The van der Waals surface area contributed by atoms with Crippen molar-refractivity contribution < 1.29 is 47.3 Å². The van der Waals surface area contributed by atoms with E-state index in [1.165, 1.54) is 50.1 Å². The van der Waals surface area contributed by atoms with Crippen molar-refractivity contribution in [2.24, 2.45) is 0 Å². The number of amides is 3. The Morgan fingerprint density at radius 2 is 0.617 bits per heavy atom. The van der Waals surface area contributed by atoms with Crippen LogP contribution in [0.3, 0.4) is 0 Å². The van der Waals surface area contributed by atoms with Gasteiger partial charge in [0.2, 0.25) is 23.5 Å². The Morgan fingerprint density at radius 3 is 0.844 bits per heavy atom. The molecule has 141 heavy (non-hydrogen) atoms. The van der Waals surface area contributed by atoms with Crippen LogP contribution in [0.15, 0.2) is 107 Å². The first-order valence-corrected chi connectivity index (χ1v) is 47.8. The lowest BCUT2D eigenvalue weighted by Gasteiger charge is -2.45. The normalized spacial score (nSPS) is 16.6. The molecule has 732 valence electrons. The molecule has 0 unspecified atom stereocenters. The molecule has 15 rings (SSSR count). The van der Waals surface area contributed by atoms with E-state index < -0.39 is 92.9 Å². The number of anilines is 3. The molecule has 3 amide bonds. The van der Waals surface area contributed by atoms with Gasteiger partial charge >= 0.3 is 0 Å². The summed E-state index contributed by atoms with van der Waals surface area (Å²) in [6.45, 7) is 40.4. The molecular formula is C99H87Cl11F4N18O9. The van der Waals surface area contributed by atoms with Gasteiger partial charge in [-0.05, 0) is 151 Å². The third-order valence-electron chi connectivity index (χ3n) is 24.8. The highest BCUT2D eigenvalue weighted by Crippen LogP contribution is 2.53. The minimum Gasteiger partial charge on any atom is -0.504 e. The number of aryl methyl sites for hydroxylation is 3. The van der Waals surface area contributed by atoms with Crippen molar-refractivity contribution in [1.82, 2.24) is 58.3 Å². The number of phenolic OH excluding ortho intramolecular Hbond substituents is 3. The Labute approximate surface area is 861 Å². The SMILES string of the molecule is C=CC(=O)N1[C@H](C)CN(c2c(C#N)c(=O)n(-c3c(C)ccnc3C(C)C)c3nc(-c4c(Cl)c(O)c(F)c(Cl)c4Cl)c(Cl)cc23)C[C@@H]1C.C=CC(=O)N1[C@H](C)CN(c2c(C#N)c(=O)n(-c3c(C)ccnc3C(C)C)c3nc(-c4c(Cl)c(O)c(F)c(Cl)c4Cl)c(Cl)cc23)C[C@@H]1C.C=CC(=O)N1[C@H](C)CN(c2c(C#N)c(=O)n(-c3c(C)ccnc3C(C)C)c3nc(-c4c(Cl)c(O)c(F)c(F)c4Cl)c(Cl)cc23)C[C@@H]1C. The molecule has 3 saturated heterocycles. The van der Waals surface area contributed by atoms with Gasteiger partial charge in [-0.2, -0.15) is 20.2 Å². The van der Waals surface area contributed by atoms with Gasteiger partial charge in [0.05, 0.1) is 124 Å². The number of phenols is 3. The number of piperazine rings is 3. The number of halogens is 15. The second-order valence-corrected chi connectivity index (χ2v) is 39.4. The third kappa shape index (κ3) is 18.7. The van der Waals surface area contributed by atoms with Crippen LogP contribution >= 0.6 is 128 Å². The Hall–Kier alpha value is -12.0. The van der Waals surface area contributed by atoms with Gasteiger partial charge in [-0.1, -0.05) is 189 Å². The van der Waals surface area contributed by atoms with E-state index in [0.717, 1.165) is 0 Å². The monoisotopic (exact) mass is 2130 g/mol. The summed E-state index contributed by atoms with van der Waals surface area (Å²) in [5.74, 6) is -9.93. The van der Waals surface area contributed by atoms with Gasteiger partial charge in [0.1, 0.15) is 51.8 Å². The predicted octanol–water partition coefficient (Wildman–Crippen LogP) is 22.9. The molecule has 0 saturated carbocycles. The number of carbonyl (C=O) groups is 3. The van der Waals surface area contributed by atoms with Crippen molar-refractivity contribution in [3.63, 3.8) is 0 Å². The van der Waals surface area contributed by atoms with Crippen molar-refractivity contribution in [3.8, 4) is 86.3 Å².